The van der Waals surface area contributed by atoms with Crippen molar-refractivity contribution in [3.05, 3.63) is 108 Å². The van der Waals surface area contributed by atoms with Gasteiger partial charge in [-0.3, -0.25) is 0 Å². The number of hydrogen-bond acceptors (Lipinski definition) is 3. The Kier molecular flexibility index (Phi) is 5.81. The number of rotatable bonds is 4. The molecule has 0 amide bonds. The first-order chi connectivity index (χ1) is 16.4. The van der Waals surface area contributed by atoms with E-state index in [0.29, 0.717) is 17.5 Å². The summed E-state index contributed by atoms with van der Waals surface area (Å²) in [7, 11) is 2.13. The van der Waals surface area contributed by atoms with E-state index in [1.54, 1.807) is 0 Å². The zero-order valence-corrected chi connectivity index (χ0v) is 20.0. The average molecular weight is 439 g/mol. The number of aromatic nitrogens is 3. The van der Waals surface area contributed by atoms with E-state index in [-0.39, 0.29) is 0 Å². The molecule has 0 aliphatic carbocycles. The quantitative estimate of drug-likeness (QED) is 0.336. The van der Waals surface area contributed by atoms with Crippen molar-refractivity contribution in [2.45, 2.75) is 20.8 Å². The molecule has 0 unspecified atom stereocenters. The SMILES string of the molecule is Bc1cc(C)cc(-c2cccc(-c3nc(-c4ccc(C)cc4)nc(-c4ccc(C)cc4)n3)c2)c1. The molecule has 1 heterocycles. The molecular weight excluding hydrogens is 413 g/mol. The summed E-state index contributed by atoms with van der Waals surface area (Å²) in [6.45, 7) is 6.30. The third-order valence-electron chi connectivity index (χ3n) is 5.93. The minimum absolute atomic E-state index is 0.673. The number of aryl methyl sites for hydroxylation is 3. The van der Waals surface area contributed by atoms with Gasteiger partial charge in [-0.2, -0.15) is 0 Å². The molecule has 0 aliphatic rings. The van der Waals surface area contributed by atoms with Crippen LogP contribution in [0.4, 0.5) is 0 Å². The van der Waals surface area contributed by atoms with Gasteiger partial charge in [-0.25, -0.2) is 15.0 Å². The van der Waals surface area contributed by atoms with Gasteiger partial charge in [0.25, 0.3) is 0 Å². The van der Waals surface area contributed by atoms with Crippen molar-refractivity contribution < 1.29 is 0 Å². The molecule has 3 nitrogen and oxygen atoms in total. The summed E-state index contributed by atoms with van der Waals surface area (Å²) in [4.78, 5) is 14.6. The van der Waals surface area contributed by atoms with Gasteiger partial charge in [-0.05, 0) is 38.0 Å². The van der Waals surface area contributed by atoms with E-state index in [0.717, 1.165) is 22.3 Å². The van der Waals surface area contributed by atoms with Crippen molar-refractivity contribution in [3.63, 3.8) is 0 Å². The Balaban J connectivity index is 1.66. The first-order valence-corrected chi connectivity index (χ1v) is 11.5. The fraction of sp³-hybridized carbons (Fsp3) is 0.100. The summed E-state index contributed by atoms with van der Waals surface area (Å²) in [5, 5.41) is 0. The van der Waals surface area contributed by atoms with E-state index < -0.39 is 0 Å². The lowest BCUT2D eigenvalue weighted by Gasteiger charge is -2.10. The van der Waals surface area contributed by atoms with Crippen LogP contribution in [0.25, 0.3) is 45.3 Å². The molecule has 0 saturated carbocycles. The first-order valence-electron chi connectivity index (χ1n) is 11.5. The Hall–Kier alpha value is -4.05. The van der Waals surface area contributed by atoms with Crippen LogP contribution in [0.3, 0.4) is 0 Å². The number of hydrogen-bond donors (Lipinski definition) is 0. The third kappa shape index (κ3) is 4.67. The van der Waals surface area contributed by atoms with Gasteiger partial charge in [-0.1, -0.05) is 107 Å². The predicted molar refractivity (Wildman–Crippen MR) is 144 cm³/mol. The average Bonchev–Trinajstić information content (AvgIpc) is 2.84. The predicted octanol–water partition coefficient (Wildman–Crippen LogP) is 5.72. The molecule has 4 heteroatoms. The van der Waals surface area contributed by atoms with Gasteiger partial charge in [0.1, 0.15) is 7.85 Å². The van der Waals surface area contributed by atoms with Crippen molar-refractivity contribution in [2.75, 3.05) is 0 Å². The summed E-state index contributed by atoms with van der Waals surface area (Å²) >= 11 is 0. The summed E-state index contributed by atoms with van der Waals surface area (Å²) in [6, 6.07) is 31.7. The van der Waals surface area contributed by atoms with Crippen LogP contribution in [0.2, 0.25) is 0 Å². The van der Waals surface area contributed by atoms with Crippen LogP contribution < -0.4 is 5.46 Å². The van der Waals surface area contributed by atoms with Gasteiger partial charge in [0, 0.05) is 16.7 Å². The van der Waals surface area contributed by atoms with E-state index in [1.165, 1.54) is 27.7 Å². The molecule has 0 fully saturated rings. The van der Waals surface area contributed by atoms with Gasteiger partial charge in [0.05, 0.1) is 0 Å². The molecule has 0 aliphatic heterocycles. The summed E-state index contributed by atoms with van der Waals surface area (Å²) in [5.41, 5.74) is 10.2. The maximum atomic E-state index is 4.89. The van der Waals surface area contributed by atoms with Crippen LogP contribution in [0, 0.1) is 20.8 Å². The topological polar surface area (TPSA) is 38.7 Å². The molecule has 0 N–H and O–H groups in total. The van der Waals surface area contributed by atoms with Gasteiger partial charge in [-0.15, -0.1) is 0 Å². The molecule has 5 aromatic rings. The highest BCUT2D eigenvalue weighted by Crippen LogP contribution is 2.28. The molecule has 0 spiro atoms. The number of benzene rings is 4. The molecule has 34 heavy (non-hydrogen) atoms. The summed E-state index contributed by atoms with van der Waals surface area (Å²) in [6.07, 6.45) is 0. The van der Waals surface area contributed by atoms with E-state index in [1.807, 2.05) is 0 Å². The zero-order chi connectivity index (χ0) is 23.7. The molecule has 0 atom stereocenters. The smallest absolute Gasteiger partial charge is 0.164 e. The molecule has 4 aromatic carbocycles. The molecule has 5 rings (SSSR count). The summed E-state index contributed by atoms with van der Waals surface area (Å²) in [5.74, 6) is 2.03. The van der Waals surface area contributed by atoms with Gasteiger partial charge in [0.2, 0.25) is 0 Å². The lowest BCUT2D eigenvalue weighted by atomic mass is 9.90. The maximum Gasteiger partial charge on any atom is 0.164 e. The fourth-order valence-electron chi connectivity index (χ4n) is 4.15. The second-order valence-electron chi connectivity index (χ2n) is 9.00. The largest absolute Gasteiger partial charge is 0.208 e. The second kappa shape index (κ2) is 9.07. The lowest BCUT2D eigenvalue weighted by Crippen LogP contribution is -2.03. The Morgan fingerprint density at radius 2 is 0.941 bits per heavy atom. The Morgan fingerprint density at radius 3 is 1.47 bits per heavy atom. The van der Waals surface area contributed by atoms with Crippen LogP contribution >= 0.6 is 0 Å². The Bertz CT molecular complexity index is 1390. The van der Waals surface area contributed by atoms with Crippen LogP contribution in [-0.4, -0.2) is 22.8 Å². The van der Waals surface area contributed by atoms with Crippen molar-refractivity contribution in [3.8, 4) is 45.3 Å². The third-order valence-corrected chi connectivity index (χ3v) is 5.93. The van der Waals surface area contributed by atoms with Crippen molar-refractivity contribution in [1.82, 2.24) is 15.0 Å². The first kappa shape index (κ1) is 21.8. The van der Waals surface area contributed by atoms with E-state index in [2.05, 4.69) is 120 Å². The highest BCUT2D eigenvalue weighted by molar-refractivity contribution is 6.32. The standard InChI is InChI=1S/C30H26BN3/c1-19-7-11-22(12-8-19)28-32-29(23-13-9-20(2)10-14-23)34-30(33-28)25-6-4-5-24(17-25)26-15-21(3)16-27(31)18-26/h4-18H,31H2,1-3H3. The lowest BCUT2D eigenvalue weighted by molar-refractivity contribution is 1.07. The van der Waals surface area contributed by atoms with E-state index in [9.17, 15) is 0 Å². The zero-order valence-electron chi connectivity index (χ0n) is 20.0. The van der Waals surface area contributed by atoms with E-state index >= 15 is 0 Å². The molecule has 0 radical (unpaired) electrons. The molecule has 0 saturated heterocycles. The van der Waals surface area contributed by atoms with Crippen LogP contribution in [-0.2, 0) is 0 Å². The van der Waals surface area contributed by atoms with Crippen LogP contribution in [0.5, 0.6) is 0 Å². The van der Waals surface area contributed by atoms with Crippen molar-refractivity contribution in [2.24, 2.45) is 0 Å². The minimum Gasteiger partial charge on any atom is -0.208 e. The fourth-order valence-corrected chi connectivity index (χ4v) is 4.15. The number of nitrogens with zero attached hydrogens (tertiary/aromatic N) is 3. The normalized spacial score (nSPS) is 10.9. The van der Waals surface area contributed by atoms with Gasteiger partial charge < -0.3 is 0 Å². The Labute approximate surface area is 202 Å². The molecule has 0 bridgehead atoms. The highest BCUT2D eigenvalue weighted by atomic mass is 15.0. The van der Waals surface area contributed by atoms with Crippen LogP contribution in [0.1, 0.15) is 16.7 Å². The minimum atomic E-state index is 0.673. The van der Waals surface area contributed by atoms with Gasteiger partial charge in [0.15, 0.2) is 17.5 Å². The monoisotopic (exact) mass is 439 g/mol. The summed E-state index contributed by atoms with van der Waals surface area (Å²) < 4.78 is 0. The second-order valence-corrected chi connectivity index (χ2v) is 9.00. The van der Waals surface area contributed by atoms with Crippen molar-refractivity contribution >= 4 is 13.3 Å². The molecular formula is C30H26BN3. The highest BCUT2D eigenvalue weighted by Gasteiger charge is 2.13. The van der Waals surface area contributed by atoms with Crippen LogP contribution in [0.15, 0.2) is 91.0 Å². The molecule has 164 valence electrons. The molecule has 1 aromatic heterocycles. The Morgan fingerprint density at radius 1 is 0.441 bits per heavy atom. The van der Waals surface area contributed by atoms with E-state index in [4.69, 9.17) is 15.0 Å². The van der Waals surface area contributed by atoms with Crippen molar-refractivity contribution in [1.29, 1.82) is 0 Å². The maximum absolute atomic E-state index is 4.89. The van der Waals surface area contributed by atoms with Gasteiger partial charge >= 0.3 is 0 Å².